The molecule has 24 heavy (non-hydrogen) atoms. The zero-order valence-corrected chi connectivity index (χ0v) is 14.4. The zero-order chi connectivity index (χ0) is 17.4. The summed E-state index contributed by atoms with van der Waals surface area (Å²) in [6.07, 6.45) is -0.435. The number of benzene rings is 2. The first-order valence-electron chi connectivity index (χ1n) is 8.00. The molecule has 2 aromatic rings. The van der Waals surface area contributed by atoms with Crippen LogP contribution in [0.4, 0.5) is 0 Å². The van der Waals surface area contributed by atoms with E-state index in [1.807, 2.05) is 74.5 Å². The molecule has 0 radical (unpaired) electrons. The lowest BCUT2D eigenvalue weighted by atomic mass is 10.0. The van der Waals surface area contributed by atoms with Crippen LogP contribution in [-0.4, -0.2) is 18.9 Å². The molecule has 2 atom stereocenters. The molecule has 0 aliphatic carbocycles. The van der Waals surface area contributed by atoms with Crippen molar-refractivity contribution < 1.29 is 9.47 Å². The van der Waals surface area contributed by atoms with Gasteiger partial charge in [0.2, 0.25) is 0 Å². The average molecular weight is 324 g/mol. The summed E-state index contributed by atoms with van der Waals surface area (Å²) in [5.41, 5.74) is 2.06. The van der Waals surface area contributed by atoms with Gasteiger partial charge in [-0.3, -0.25) is 5.32 Å². The molecular weight excluding hydrogens is 300 g/mol. The highest BCUT2D eigenvalue weighted by Crippen LogP contribution is 2.27. The summed E-state index contributed by atoms with van der Waals surface area (Å²) in [4.78, 5) is 0. The molecule has 0 fully saturated rings. The first-order chi connectivity index (χ1) is 11.6. The maximum Gasteiger partial charge on any atom is 0.163 e. The lowest BCUT2D eigenvalue weighted by Crippen LogP contribution is -2.39. The Hall–Kier alpha value is -2.19. The molecule has 0 aliphatic heterocycles. The molecule has 0 aromatic heterocycles. The van der Waals surface area contributed by atoms with E-state index in [1.54, 1.807) is 7.11 Å². The van der Waals surface area contributed by atoms with Crippen LogP contribution in [0.15, 0.2) is 60.7 Å². The molecule has 2 aromatic carbocycles. The van der Waals surface area contributed by atoms with Gasteiger partial charge in [-0.05, 0) is 25.0 Å². The Morgan fingerprint density at radius 3 is 2.17 bits per heavy atom. The second kappa shape index (κ2) is 8.60. The highest BCUT2D eigenvalue weighted by molar-refractivity contribution is 5.22. The Morgan fingerprint density at radius 1 is 1.04 bits per heavy atom. The van der Waals surface area contributed by atoms with Crippen molar-refractivity contribution in [3.63, 3.8) is 0 Å². The lowest BCUT2D eigenvalue weighted by Gasteiger charge is -2.32. The van der Waals surface area contributed by atoms with E-state index in [1.165, 1.54) is 0 Å². The minimum Gasteiger partial charge on any atom is -0.354 e. The predicted octanol–water partition coefficient (Wildman–Crippen LogP) is 3.81. The fraction of sp³-hybridized carbons (Fsp3) is 0.350. The zero-order valence-electron chi connectivity index (χ0n) is 14.4. The van der Waals surface area contributed by atoms with E-state index in [-0.39, 0.29) is 0 Å². The molecule has 0 heterocycles. The highest BCUT2D eigenvalue weighted by atomic mass is 16.7. The average Bonchev–Trinajstić information content (AvgIpc) is 2.63. The van der Waals surface area contributed by atoms with Crippen LogP contribution in [0.3, 0.4) is 0 Å². The molecule has 4 nitrogen and oxygen atoms in total. The van der Waals surface area contributed by atoms with Crippen LogP contribution in [-0.2, 0) is 16.0 Å². The van der Waals surface area contributed by atoms with E-state index in [4.69, 9.17) is 9.47 Å². The van der Waals surface area contributed by atoms with Crippen molar-refractivity contribution in [2.24, 2.45) is 0 Å². The van der Waals surface area contributed by atoms with Crippen molar-refractivity contribution in [2.45, 2.75) is 38.3 Å². The van der Waals surface area contributed by atoms with E-state index < -0.39 is 17.9 Å². The molecule has 0 bridgehead atoms. The standard InChI is InChI=1S/C20H24N2O2/c1-20(2,23-3)24-19(17-12-8-5-9-13-17)18(14-21)22-15-16-10-6-4-7-11-16/h4-13,18-19,22H,15H2,1-3H3/t18-,19-/m1/s1. The van der Waals surface area contributed by atoms with Crippen molar-refractivity contribution in [1.82, 2.24) is 5.32 Å². The molecule has 0 amide bonds. The maximum atomic E-state index is 9.67. The third-order valence-electron chi connectivity index (χ3n) is 3.84. The maximum absolute atomic E-state index is 9.67. The van der Waals surface area contributed by atoms with Gasteiger partial charge in [-0.1, -0.05) is 60.7 Å². The molecule has 1 N–H and O–H groups in total. The third-order valence-corrected chi connectivity index (χ3v) is 3.84. The lowest BCUT2D eigenvalue weighted by molar-refractivity contribution is -0.228. The summed E-state index contributed by atoms with van der Waals surface area (Å²) in [5.74, 6) is -0.788. The Balaban J connectivity index is 2.18. The van der Waals surface area contributed by atoms with Crippen LogP contribution in [0, 0.1) is 11.3 Å². The number of nitrogens with zero attached hydrogens (tertiary/aromatic N) is 1. The minimum atomic E-state index is -0.788. The highest BCUT2D eigenvalue weighted by Gasteiger charge is 2.30. The topological polar surface area (TPSA) is 54.3 Å². The van der Waals surface area contributed by atoms with Gasteiger partial charge >= 0.3 is 0 Å². The number of hydrogen-bond donors (Lipinski definition) is 1. The summed E-state index contributed by atoms with van der Waals surface area (Å²) in [6.45, 7) is 4.28. The fourth-order valence-electron chi connectivity index (χ4n) is 2.37. The van der Waals surface area contributed by atoms with E-state index in [2.05, 4.69) is 11.4 Å². The molecule has 2 rings (SSSR count). The van der Waals surface area contributed by atoms with Gasteiger partial charge in [-0.15, -0.1) is 0 Å². The first-order valence-corrected chi connectivity index (χ1v) is 8.00. The SMILES string of the molecule is COC(C)(C)O[C@H](c1ccccc1)[C@@H](C#N)NCc1ccccc1. The van der Waals surface area contributed by atoms with Crippen LogP contribution in [0.1, 0.15) is 31.1 Å². The van der Waals surface area contributed by atoms with Crippen molar-refractivity contribution >= 4 is 0 Å². The van der Waals surface area contributed by atoms with Gasteiger partial charge in [-0.25, -0.2) is 0 Å². The first kappa shape index (κ1) is 18.2. The van der Waals surface area contributed by atoms with Gasteiger partial charge in [0.1, 0.15) is 12.1 Å². The number of ether oxygens (including phenoxy) is 2. The normalized spacial score (nSPS) is 13.9. The number of nitriles is 1. The van der Waals surface area contributed by atoms with Crippen LogP contribution in [0.25, 0.3) is 0 Å². The molecule has 0 saturated carbocycles. The van der Waals surface area contributed by atoms with Crippen molar-refractivity contribution in [1.29, 1.82) is 5.26 Å². The van der Waals surface area contributed by atoms with Crippen molar-refractivity contribution in [3.8, 4) is 6.07 Å². The van der Waals surface area contributed by atoms with Gasteiger partial charge in [-0.2, -0.15) is 5.26 Å². The molecule has 0 unspecified atom stereocenters. The number of rotatable bonds is 8. The fourth-order valence-corrected chi connectivity index (χ4v) is 2.37. The van der Waals surface area contributed by atoms with E-state index in [9.17, 15) is 5.26 Å². The van der Waals surface area contributed by atoms with Crippen LogP contribution >= 0.6 is 0 Å². The quantitative estimate of drug-likeness (QED) is 0.750. The Labute approximate surface area is 144 Å². The molecule has 4 heteroatoms. The second-order valence-electron chi connectivity index (χ2n) is 6.03. The van der Waals surface area contributed by atoms with E-state index >= 15 is 0 Å². The molecule has 0 aliphatic rings. The van der Waals surface area contributed by atoms with Gasteiger partial charge in [0.15, 0.2) is 5.79 Å². The molecule has 126 valence electrons. The number of hydrogen-bond acceptors (Lipinski definition) is 4. The van der Waals surface area contributed by atoms with Crippen LogP contribution in [0.5, 0.6) is 0 Å². The molecule has 0 spiro atoms. The second-order valence-corrected chi connectivity index (χ2v) is 6.03. The summed E-state index contributed by atoms with van der Waals surface area (Å²) in [7, 11) is 1.60. The largest absolute Gasteiger partial charge is 0.354 e. The van der Waals surface area contributed by atoms with Gasteiger partial charge in [0.25, 0.3) is 0 Å². The predicted molar refractivity (Wildman–Crippen MR) is 94.0 cm³/mol. The van der Waals surface area contributed by atoms with Crippen molar-refractivity contribution in [3.05, 3.63) is 71.8 Å². The van der Waals surface area contributed by atoms with Crippen LogP contribution in [0.2, 0.25) is 0 Å². The van der Waals surface area contributed by atoms with Crippen LogP contribution < -0.4 is 5.32 Å². The summed E-state index contributed by atoms with van der Waals surface area (Å²) in [6, 6.07) is 21.6. The molecular formula is C20H24N2O2. The van der Waals surface area contributed by atoms with Gasteiger partial charge in [0.05, 0.1) is 6.07 Å². The third kappa shape index (κ3) is 5.17. The Morgan fingerprint density at radius 2 is 1.62 bits per heavy atom. The summed E-state index contributed by atoms with van der Waals surface area (Å²) >= 11 is 0. The number of nitrogens with one attached hydrogen (secondary N) is 1. The van der Waals surface area contributed by atoms with E-state index in [0.29, 0.717) is 6.54 Å². The Bertz CT molecular complexity index is 650. The monoisotopic (exact) mass is 324 g/mol. The smallest absolute Gasteiger partial charge is 0.163 e. The summed E-state index contributed by atoms with van der Waals surface area (Å²) in [5, 5.41) is 13.0. The van der Waals surface area contributed by atoms with Gasteiger partial charge < -0.3 is 9.47 Å². The number of methoxy groups -OCH3 is 1. The van der Waals surface area contributed by atoms with Crippen molar-refractivity contribution in [2.75, 3.05) is 7.11 Å². The Kier molecular flexibility index (Phi) is 6.51. The summed E-state index contributed by atoms with van der Waals surface area (Å²) < 4.78 is 11.5. The van der Waals surface area contributed by atoms with Gasteiger partial charge in [0, 0.05) is 13.7 Å². The van der Waals surface area contributed by atoms with E-state index in [0.717, 1.165) is 11.1 Å². The minimum absolute atomic E-state index is 0.435. The molecule has 0 saturated heterocycles.